The van der Waals surface area contributed by atoms with Crippen LogP contribution >= 0.6 is 18.5 Å². The summed E-state index contributed by atoms with van der Waals surface area (Å²) in [6.45, 7) is 9.36. The molecule has 0 N–H and O–H groups in total. The molecular formula is C9H21NP2. The number of likely N-dealkylation sites (tertiary alicyclic amines) is 1. The molecule has 3 heteroatoms. The van der Waals surface area contributed by atoms with E-state index in [2.05, 4.69) is 44.2 Å². The highest BCUT2D eigenvalue weighted by atomic mass is 31.1. The number of nitrogens with zero attached hydrogens (tertiary/aromatic N) is 1. The van der Waals surface area contributed by atoms with Crippen LogP contribution in [-0.2, 0) is 0 Å². The fourth-order valence-corrected chi connectivity index (χ4v) is 2.11. The van der Waals surface area contributed by atoms with Crippen LogP contribution in [0.2, 0.25) is 0 Å². The Morgan fingerprint density at radius 1 is 1.08 bits per heavy atom. The maximum Gasteiger partial charge on any atom is 0.0125 e. The van der Waals surface area contributed by atoms with E-state index in [4.69, 9.17) is 0 Å². The lowest BCUT2D eigenvalue weighted by Gasteiger charge is -2.43. The van der Waals surface area contributed by atoms with Gasteiger partial charge in [-0.3, -0.25) is 4.90 Å². The Morgan fingerprint density at radius 2 is 1.50 bits per heavy atom. The summed E-state index contributed by atoms with van der Waals surface area (Å²) in [6, 6.07) is 0. The quantitative estimate of drug-likeness (QED) is 0.548. The summed E-state index contributed by atoms with van der Waals surface area (Å²) >= 11 is 0. The Balaban J connectivity index is 2.47. The first kappa shape index (κ1) is 10.9. The van der Waals surface area contributed by atoms with Gasteiger partial charge in [0.1, 0.15) is 0 Å². The topological polar surface area (TPSA) is 3.24 Å². The van der Waals surface area contributed by atoms with Gasteiger partial charge in [0.25, 0.3) is 0 Å². The minimum Gasteiger partial charge on any atom is -0.298 e. The molecule has 12 heavy (non-hydrogen) atoms. The fourth-order valence-electron chi connectivity index (χ4n) is 1.59. The average Bonchev–Trinajstić information content (AvgIpc) is 1.83. The molecule has 1 nitrogen and oxygen atoms in total. The van der Waals surface area contributed by atoms with Gasteiger partial charge in [-0.2, -0.15) is 0 Å². The smallest absolute Gasteiger partial charge is 0.0125 e. The maximum absolute atomic E-state index is 2.96. The first-order chi connectivity index (χ1) is 5.31. The van der Waals surface area contributed by atoms with Crippen LogP contribution in [-0.4, -0.2) is 28.4 Å². The van der Waals surface area contributed by atoms with Crippen LogP contribution in [0.3, 0.4) is 0 Å². The molecule has 0 aromatic heterocycles. The van der Waals surface area contributed by atoms with E-state index in [0.29, 0.717) is 10.4 Å². The molecule has 72 valence electrons. The third-order valence-corrected chi connectivity index (χ3v) is 3.80. The number of piperidine rings is 1. The van der Waals surface area contributed by atoms with E-state index < -0.39 is 0 Å². The normalized spacial score (nSPS) is 25.8. The van der Waals surface area contributed by atoms with Gasteiger partial charge in [0.05, 0.1) is 0 Å². The lowest BCUT2D eigenvalue weighted by molar-refractivity contribution is 0.109. The predicted molar refractivity (Wildman–Crippen MR) is 62.7 cm³/mol. The van der Waals surface area contributed by atoms with Crippen molar-refractivity contribution in [3.63, 3.8) is 0 Å². The van der Waals surface area contributed by atoms with Gasteiger partial charge >= 0.3 is 0 Å². The molecule has 1 aliphatic heterocycles. The van der Waals surface area contributed by atoms with Gasteiger partial charge in [-0.15, -0.1) is 18.5 Å². The molecular weight excluding hydrogens is 184 g/mol. The molecule has 1 heterocycles. The molecule has 0 amide bonds. The van der Waals surface area contributed by atoms with E-state index in [1.807, 2.05) is 0 Å². The van der Waals surface area contributed by atoms with E-state index in [1.165, 1.54) is 25.9 Å². The summed E-state index contributed by atoms with van der Waals surface area (Å²) in [5, 5.41) is 0. The lowest BCUT2D eigenvalue weighted by atomic mass is 10.0. The van der Waals surface area contributed by atoms with E-state index >= 15 is 0 Å². The largest absolute Gasteiger partial charge is 0.298 e. The third kappa shape index (κ3) is 2.95. The molecule has 2 unspecified atom stereocenters. The second kappa shape index (κ2) is 3.52. The highest BCUT2D eigenvalue weighted by Crippen LogP contribution is 2.39. The van der Waals surface area contributed by atoms with Crippen molar-refractivity contribution in [2.75, 3.05) is 13.1 Å². The molecule has 2 atom stereocenters. The molecule has 0 saturated carbocycles. The van der Waals surface area contributed by atoms with Crippen LogP contribution < -0.4 is 0 Å². The summed E-state index contributed by atoms with van der Waals surface area (Å²) in [6.07, 6.45) is 2.55. The minimum absolute atomic E-state index is 0.353. The summed E-state index contributed by atoms with van der Waals surface area (Å²) in [5.74, 6) is 0. The Morgan fingerprint density at radius 3 is 1.83 bits per heavy atom. The first-order valence-electron chi connectivity index (χ1n) is 4.64. The van der Waals surface area contributed by atoms with Crippen LogP contribution in [0.5, 0.6) is 0 Å². The zero-order chi connectivity index (χ0) is 9.41. The second-order valence-electron chi connectivity index (χ2n) is 4.89. The van der Waals surface area contributed by atoms with Crippen LogP contribution in [0.4, 0.5) is 0 Å². The highest BCUT2D eigenvalue weighted by molar-refractivity contribution is 7.39. The zero-order valence-corrected chi connectivity index (χ0v) is 10.7. The Bertz CT molecular complexity index is 150. The van der Waals surface area contributed by atoms with Gasteiger partial charge in [-0.05, 0) is 46.7 Å². The number of hydrogen-bond donors (Lipinski definition) is 0. The average molecular weight is 205 g/mol. The molecule has 0 aliphatic carbocycles. The zero-order valence-electron chi connectivity index (χ0n) is 8.43. The van der Waals surface area contributed by atoms with Crippen molar-refractivity contribution >= 4 is 18.5 Å². The van der Waals surface area contributed by atoms with E-state index in [9.17, 15) is 0 Å². The van der Waals surface area contributed by atoms with Crippen molar-refractivity contribution in [3.05, 3.63) is 0 Å². The number of rotatable bonds is 0. The van der Waals surface area contributed by atoms with Crippen molar-refractivity contribution in [3.8, 4) is 0 Å². The van der Waals surface area contributed by atoms with Gasteiger partial charge in [0.2, 0.25) is 0 Å². The van der Waals surface area contributed by atoms with Crippen LogP contribution in [0.15, 0.2) is 0 Å². The minimum atomic E-state index is 0.353. The standard InChI is InChI=1S/C9H21NP2/c1-8(2,3)10-6-4-9(11,12)5-7-10/h4-7,11-12H2,1-3H3. The van der Waals surface area contributed by atoms with E-state index in [1.54, 1.807) is 0 Å². The van der Waals surface area contributed by atoms with Crippen LogP contribution in [0.25, 0.3) is 0 Å². The molecule has 1 fully saturated rings. The molecule has 0 spiro atoms. The third-order valence-electron chi connectivity index (χ3n) is 2.64. The van der Waals surface area contributed by atoms with Crippen LogP contribution in [0, 0.1) is 0 Å². The molecule has 0 aromatic carbocycles. The van der Waals surface area contributed by atoms with E-state index in [-0.39, 0.29) is 0 Å². The summed E-state index contributed by atoms with van der Waals surface area (Å²) in [5.41, 5.74) is 0.353. The fraction of sp³-hybridized carbons (Fsp3) is 1.00. The van der Waals surface area contributed by atoms with Gasteiger partial charge in [0.15, 0.2) is 0 Å². The SMILES string of the molecule is CC(C)(C)N1CCC(P)(P)CC1. The van der Waals surface area contributed by atoms with Crippen LogP contribution in [0.1, 0.15) is 33.6 Å². The summed E-state index contributed by atoms with van der Waals surface area (Å²) in [4.78, 5) is 2.99. The van der Waals surface area contributed by atoms with Crippen molar-refractivity contribution < 1.29 is 0 Å². The molecule has 0 bridgehead atoms. The Kier molecular flexibility index (Phi) is 3.20. The first-order valence-corrected chi connectivity index (χ1v) is 5.80. The second-order valence-corrected chi connectivity index (χ2v) is 7.86. The Labute approximate surface area is 81.1 Å². The van der Waals surface area contributed by atoms with E-state index in [0.717, 1.165) is 0 Å². The van der Waals surface area contributed by atoms with Gasteiger partial charge in [-0.1, -0.05) is 0 Å². The van der Waals surface area contributed by atoms with Gasteiger partial charge < -0.3 is 0 Å². The van der Waals surface area contributed by atoms with Crippen molar-refractivity contribution in [2.45, 2.75) is 44.0 Å². The summed E-state index contributed by atoms with van der Waals surface area (Å²) < 4.78 is 0. The Hall–Kier alpha value is 0.820. The van der Waals surface area contributed by atoms with Gasteiger partial charge in [-0.25, -0.2) is 0 Å². The predicted octanol–water partition coefficient (Wildman–Crippen LogP) is 2.33. The molecule has 0 radical (unpaired) electrons. The summed E-state index contributed by atoms with van der Waals surface area (Å²) in [7, 11) is 5.91. The highest BCUT2D eigenvalue weighted by Gasteiger charge is 2.30. The van der Waals surface area contributed by atoms with Crippen molar-refractivity contribution in [2.24, 2.45) is 0 Å². The molecule has 1 aliphatic rings. The monoisotopic (exact) mass is 205 g/mol. The van der Waals surface area contributed by atoms with Gasteiger partial charge in [0, 0.05) is 10.4 Å². The molecule has 0 aromatic rings. The van der Waals surface area contributed by atoms with Crippen molar-refractivity contribution in [1.29, 1.82) is 0 Å². The lowest BCUT2D eigenvalue weighted by Crippen LogP contribution is -2.48. The molecule has 1 saturated heterocycles. The number of hydrogen-bond acceptors (Lipinski definition) is 1. The molecule has 1 rings (SSSR count). The van der Waals surface area contributed by atoms with Crippen molar-refractivity contribution in [1.82, 2.24) is 4.90 Å². The maximum atomic E-state index is 2.96.